The van der Waals surface area contributed by atoms with E-state index in [-0.39, 0.29) is 5.91 Å². The maximum Gasteiger partial charge on any atom is 0.324 e. The Morgan fingerprint density at radius 2 is 1.84 bits per heavy atom. The van der Waals surface area contributed by atoms with Gasteiger partial charge in [-0.25, -0.2) is 19.4 Å². The molecule has 1 aliphatic rings. The summed E-state index contributed by atoms with van der Waals surface area (Å²) in [6, 6.07) is 20.5. The van der Waals surface area contributed by atoms with Crippen molar-refractivity contribution in [3.8, 4) is 27.8 Å². The van der Waals surface area contributed by atoms with Crippen LogP contribution in [0.25, 0.3) is 16.1 Å². The Balaban J connectivity index is 1.08. The molecule has 0 spiro atoms. The zero-order valence-electron chi connectivity index (χ0n) is 24.8. The fourth-order valence-electron chi connectivity index (χ4n) is 5.00. The maximum absolute atomic E-state index is 13.0. The highest BCUT2D eigenvalue weighted by molar-refractivity contribution is 7.19. The number of urea groups is 1. The summed E-state index contributed by atoms with van der Waals surface area (Å²) in [5.41, 5.74) is 4.38. The van der Waals surface area contributed by atoms with Gasteiger partial charge in [-0.15, -0.1) is 0 Å². The third kappa shape index (κ3) is 6.63. The Hall–Kier alpha value is -5.03. The van der Waals surface area contributed by atoms with Crippen molar-refractivity contribution >= 4 is 39.9 Å². The standard InChI is InChI=1S/C33H33N7O3S/c1-21(2)17-25-18-29(40(38-25)27-8-5-4-7-22(27)3)37-32(42)36-24-12-15-30(34-19-24)43-26-13-10-23(11-14-26)28-20-35-33(44-28)39-16-6-9-31(39)41/h4-5,7-8,10-15,18-21H,6,9,16-17H2,1-3H3,(H2,36,37,42). The molecule has 4 heterocycles. The molecule has 224 valence electrons. The second-order valence-electron chi connectivity index (χ2n) is 11.1. The molecule has 1 saturated heterocycles. The van der Waals surface area contributed by atoms with Gasteiger partial charge in [-0.05, 0) is 73.2 Å². The van der Waals surface area contributed by atoms with Gasteiger partial charge in [-0.1, -0.05) is 43.4 Å². The van der Waals surface area contributed by atoms with E-state index in [4.69, 9.17) is 9.84 Å². The summed E-state index contributed by atoms with van der Waals surface area (Å²) < 4.78 is 7.69. The molecule has 3 aromatic heterocycles. The van der Waals surface area contributed by atoms with E-state index >= 15 is 0 Å². The smallest absolute Gasteiger partial charge is 0.324 e. The number of nitrogens with one attached hydrogen (secondary N) is 2. The molecule has 1 aliphatic heterocycles. The van der Waals surface area contributed by atoms with E-state index in [2.05, 4.69) is 34.4 Å². The van der Waals surface area contributed by atoms with Crippen molar-refractivity contribution in [2.75, 3.05) is 22.1 Å². The topological polar surface area (TPSA) is 114 Å². The number of ether oxygens (including phenoxy) is 1. The minimum atomic E-state index is -0.401. The normalized spacial score (nSPS) is 13.0. The predicted octanol–water partition coefficient (Wildman–Crippen LogP) is 7.46. The van der Waals surface area contributed by atoms with Gasteiger partial charge in [0.15, 0.2) is 5.13 Å². The molecule has 2 aromatic carbocycles. The summed E-state index contributed by atoms with van der Waals surface area (Å²) in [6.07, 6.45) is 5.60. The van der Waals surface area contributed by atoms with E-state index in [1.807, 2.05) is 61.5 Å². The van der Waals surface area contributed by atoms with Crippen LogP contribution >= 0.6 is 11.3 Å². The van der Waals surface area contributed by atoms with E-state index in [1.54, 1.807) is 34.1 Å². The number of carbonyl (C=O) groups is 2. The largest absolute Gasteiger partial charge is 0.439 e. The molecule has 10 nitrogen and oxygen atoms in total. The number of hydrogen-bond donors (Lipinski definition) is 2. The minimum absolute atomic E-state index is 0.130. The summed E-state index contributed by atoms with van der Waals surface area (Å²) in [5, 5.41) is 11.3. The van der Waals surface area contributed by atoms with Crippen molar-refractivity contribution in [1.82, 2.24) is 19.7 Å². The first-order valence-electron chi connectivity index (χ1n) is 14.6. The van der Waals surface area contributed by atoms with Crippen LogP contribution in [0.5, 0.6) is 11.6 Å². The molecular formula is C33H33N7O3S. The zero-order valence-corrected chi connectivity index (χ0v) is 25.6. The van der Waals surface area contributed by atoms with Crippen LogP contribution in [0.2, 0.25) is 0 Å². The number of rotatable bonds is 9. The van der Waals surface area contributed by atoms with Gasteiger partial charge in [0.05, 0.1) is 28.1 Å². The highest BCUT2D eigenvalue weighted by Gasteiger charge is 2.24. The van der Waals surface area contributed by atoms with E-state index in [9.17, 15) is 9.59 Å². The SMILES string of the molecule is Cc1ccccc1-n1nc(CC(C)C)cc1NC(=O)Nc1ccc(Oc2ccc(-c3cnc(N4CCCC4=O)s3)cc2)nc1. The third-order valence-corrected chi connectivity index (χ3v) is 8.19. The number of para-hydroxylation sites is 1. The Labute approximate surface area is 259 Å². The van der Waals surface area contributed by atoms with Crippen LogP contribution in [-0.2, 0) is 11.2 Å². The van der Waals surface area contributed by atoms with Crippen LogP contribution in [-0.4, -0.2) is 38.2 Å². The minimum Gasteiger partial charge on any atom is -0.439 e. The number of amides is 3. The first-order chi connectivity index (χ1) is 21.3. The summed E-state index contributed by atoms with van der Waals surface area (Å²) in [5.74, 6) is 2.17. The second-order valence-corrected chi connectivity index (χ2v) is 12.1. The molecule has 0 saturated carbocycles. The molecule has 0 unspecified atom stereocenters. The first-order valence-corrected chi connectivity index (χ1v) is 15.4. The monoisotopic (exact) mass is 607 g/mol. The van der Waals surface area contributed by atoms with Crippen molar-refractivity contribution in [1.29, 1.82) is 0 Å². The van der Waals surface area contributed by atoms with Crippen LogP contribution < -0.4 is 20.3 Å². The van der Waals surface area contributed by atoms with Crippen molar-refractivity contribution in [3.63, 3.8) is 0 Å². The summed E-state index contributed by atoms with van der Waals surface area (Å²) >= 11 is 1.50. The Kier molecular flexibility index (Phi) is 8.38. The second kappa shape index (κ2) is 12.7. The van der Waals surface area contributed by atoms with E-state index in [0.717, 1.165) is 51.9 Å². The summed E-state index contributed by atoms with van der Waals surface area (Å²) in [6.45, 7) is 7.02. The number of thiazole rings is 1. The number of hydrogen-bond acceptors (Lipinski definition) is 7. The van der Waals surface area contributed by atoms with Gasteiger partial charge in [0.2, 0.25) is 11.8 Å². The van der Waals surface area contributed by atoms with Crippen LogP contribution in [0.3, 0.4) is 0 Å². The Morgan fingerprint density at radius 1 is 1.02 bits per heavy atom. The van der Waals surface area contributed by atoms with E-state index in [1.165, 1.54) is 11.3 Å². The molecule has 0 radical (unpaired) electrons. The van der Waals surface area contributed by atoms with E-state index < -0.39 is 6.03 Å². The number of aryl methyl sites for hydroxylation is 1. The average Bonchev–Trinajstić information content (AvgIpc) is 3.75. The lowest BCUT2D eigenvalue weighted by molar-refractivity contribution is -0.117. The molecule has 1 fully saturated rings. The highest BCUT2D eigenvalue weighted by Crippen LogP contribution is 2.34. The van der Waals surface area contributed by atoms with Crippen molar-refractivity contribution < 1.29 is 14.3 Å². The van der Waals surface area contributed by atoms with Crippen LogP contribution in [0, 0.1) is 12.8 Å². The van der Waals surface area contributed by atoms with Crippen LogP contribution in [0.1, 0.15) is 37.9 Å². The molecule has 11 heteroatoms. The molecule has 0 aliphatic carbocycles. The van der Waals surface area contributed by atoms with E-state index in [0.29, 0.717) is 35.5 Å². The molecule has 0 atom stereocenters. The van der Waals surface area contributed by atoms with Crippen molar-refractivity contribution in [3.05, 3.63) is 90.4 Å². The van der Waals surface area contributed by atoms with Crippen molar-refractivity contribution in [2.24, 2.45) is 5.92 Å². The number of benzene rings is 2. The molecule has 5 aromatic rings. The van der Waals surface area contributed by atoms with Crippen molar-refractivity contribution in [2.45, 2.75) is 40.0 Å². The van der Waals surface area contributed by atoms with Gasteiger partial charge in [-0.3, -0.25) is 15.0 Å². The number of aromatic nitrogens is 4. The molecule has 3 amide bonds. The lowest BCUT2D eigenvalue weighted by Gasteiger charge is -2.12. The third-order valence-electron chi connectivity index (χ3n) is 7.12. The number of nitrogens with zero attached hydrogens (tertiary/aromatic N) is 5. The molecule has 0 bridgehead atoms. The molecule has 44 heavy (non-hydrogen) atoms. The zero-order chi connectivity index (χ0) is 30.6. The van der Waals surface area contributed by atoms with Gasteiger partial charge in [0, 0.05) is 31.3 Å². The Morgan fingerprint density at radius 3 is 2.55 bits per heavy atom. The highest BCUT2D eigenvalue weighted by atomic mass is 32.1. The van der Waals surface area contributed by atoms with Gasteiger partial charge < -0.3 is 10.1 Å². The van der Waals surface area contributed by atoms with Gasteiger partial charge >= 0.3 is 6.03 Å². The Bertz CT molecular complexity index is 1780. The molecule has 2 N–H and O–H groups in total. The first kappa shape index (κ1) is 29.1. The predicted molar refractivity (Wildman–Crippen MR) is 173 cm³/mol. The number of pyridine rings is 1. The molecular weight excluding hydrogens is 574 g/mol. The average molecular weight is 608 g/mol. The summed E-state index contributed by atoms with van der Waals surface area (Å²) in [4.78, 5) is 36.5. The molecule has 6 rings (SSSR count). The lowest BCUT2D eigenvalue weighted by atomic mass is 10.1. The van der Waals surface area contributed by atoms with Gasteiger partial charge in [0.1, 0.15) is 11.6 Å². The quantitative estimate of drug-likeness (QED) is 0.180. The maximum atomic E-state index is 13.0. The fraction of sp³-hybridized carbons (Fsp3) is 0.242. The number of anilines is 3. The fourth-order valence-corrected chi connectivity index (χ4v) is 5.96. The summed E-state index contributed by atoms with van der Waals surface area (Å²) in [7, 11) is 0. The van der Waals surface area contributed by atoms with Crippen LogP contribution in [0.4, 0.5) is 21.4 Å². The number of carbonyl (C=O) groups excluding carboxylic acids is 2. The van der Waals surface area contributed by atoms with Gasteiger partial charge in [0.25, 0.3) is 0 Å². The lowest BCUT2D eigenvalue weighted by Crippen LogP contribution is -2.23. The van der Waals surface area contributed by atoms with Gasteiger partial charge in [-0.2, -0.15) is 5.10 Å². The van der Waals surface area contributed by atoms with Crippen LogP contribution in [0.15, 0.2) is 79.1 Å².